The van der Waals surface area contributed by atoms with Crippen LogP contribution in [0.4, 0.5) is 0 Å². The Morgan fingerprint density at radius 3 is 2.08 bits per heavy atom. The van der Waals surface area contributed by atoms with E-state index < -0.39 is 0 Å². The van der Waals surface area contributed by atoms with E-state index in [1.807, 2.05) is 52.0 Å². The number of carbonyl (C=O) groups excluding carboxylic acids is 1. The van der Waals surface area contributed by atoms with E-state index in [2.05, 4.69) is 30.9 Å². The number of esters is 1. The standard InChI is InChI=1S/C22H24O2/c1-6-16(3)22(23)24-21-17(4)13-20(14-18(21)5)12-11-19-9-7-15(2)8-10-19/h7-10,13-14,16H,6H2,1-5H3. The van der Waals surface area contributed by atoms with Crippen LogP contribution in [0.2, 0.25) is 0 Å². The lowest BCUT2D eigenvalue weighted by molar-refractivity contribution is -0.138. The SMILES string of the molecule is CCC(C)C(=O)Oc1c(C)cc(C#Cc2ccc(C)cc2)cc1C. The van der Waals surface area contributed by atoms with Crippen LogP contribution < -0.4 is 4.74 Å². The molecule has 24 heavy (non-hydrogen) atoms. The lowest BCUT2D eigenvalue weighted by atomic mass is 10.0. The van der Waals surface area contributed by atoms with Gasteiger partial charge in [0.1, 0.15) is 5.75 Å². The highest BCUT2D eigenvalue weighted by atomic mass is 16.5. The van der Waals surface area contributed by atoms with Crippen LogP contribution in [0.15, 0.2) is 36.4 Å². The summed E-state index contributed by atoms with van der Waals surface area (Å²) in [5.41, 5.74) is 5.00. The van der Waals surface area contributed by atoms with E-state index in [9.17, 15) is 4.79 Å². The van der Waals surface area contributed by atoms with Crippen molar-refractivity contribution in [1.82, 2.24) is 0 Å². The first kappa shape index (κ1) is 17.8. The number of hydrogen-bond donors (Lipinski definition) is 0. The van der Waals surface area contributed by atoms with Crippen LogP contribution in [0.25, 0.3) is 0 Å². The molecule has 2 aromatic rings. The van der Waals surface area contributed by atoms with E-state index in [0.29, 0.717) is 5.75 Å². The van der Waals surface area contributed by atoms with Gasteiger partial charge in [0.25, 0.3) is 0 Å². The first-order valence-corrected chi connectivity index (χ1v) is 8.32. The average Bonchev–Trinajstić information content (AvgIpc) is 2.56. The Morgan fingerprint density at radius 1 is 1.00 bits per heavy atom. The summed E-state index contributed by atoms with van der Waals surface area (Å²) in [6.07, 6.45) is 0.775. The van der Waals surface area contributed by atoms with Gasteiger partial charge in [-0.25, -0.2) is 0 Å². The van der Waals surface area contributed by atoms with E-state index in [1.54, 1.807) is 0 Å². The second-order valence-corrected chi connectivity index (χ2v) is 6.29. The molecular formula is C22H24O2. The van der Waals surface area contributed by atoms with Gasteiger partial charge in [0.05, 0.1) is 5.92 Å². The van der Waals surface area contributed by atoms with Crippen LogP contribution in [0.5, 0.6) is 5.75 Å². The van der Waals surface area contributed by atoms with Crippen LogP contribution in [-0.2, 0) is 4.79 Å². The second kappa shape index (κ2) is 7.84. The molecule has 1 atom stereocenters. The molecule has 0 fully saturated rings. The van der Waals surface area contributed by atoms with Crippen LogP contribution in [0.1, 0.15) is 48.1 Å². The van der Waals surface area contributed by atoms with Gasteiger partial charge in [-0.15, -0.1) is 0 Å². The zero-order valence-electron chi connectivity index (χ0n) is 15.1. The van der Waals surface area contributed by atoms with Crippen LogP contribution in [0, 0.1) is 38.5 Å². The molecule has 0 heterocycles. The minimum atomic E-state index is -0.179. The maximum absolute atomic E-state index is 12.0. The number of ether oxygens (including phenoxy) is 1. The van der Waals surface area contributed by atoms with Crippen molar-refractivity contribution >= 4 is 5.97 Å². The summed E-state index contributed by atoms with van der Waals surface area (Å²) in [6.45, 7) is 9.82. The summed E-state index contributed by atoms with van der Waals surface area (Å²) < 4.78 is 5.57. The normalized spacial score (nSPS) is 11.4. The topological polar surface area (TPSA) is 26.3 Å². The van der Waals surface area contributed by atoms with E-state index in [4.69, 9.17) is 4.74 Å². The maximum atomic E-state index is 12.0. The number of benzene rings is 2. The van der Waals surface area contributed by atoms with Crippen LogP contribution >= 0.6 is 0 Å². The third-order valence-electron chi connectivity index (χ3n) is 4.08. The van der Waals surface area contributed by atoms with Gasteiger partial charge in [-0.05, 0) is 62.6 Å². The minimum Gasteiger partial charge on any atom is -0.426 e. The van der Waals surface area contributed by atoms with E-state index >= 15 is 0 Å². The summed E-state index contributed by atoms with van der Waals surface area (Å²) in [7, 11) is 0. The lowest BCUT2D eigenvalue weighted by Crippen LogP contribution is -2.18. The first-order valence-electron chi connectivity index (χ1n) is 8.32. The highest BCUT2D eigenvalue weighted by molar-refractivity contribution is 5.75. The summed E-state index contributed by atoms with van der Waals surface area (Å²) in [6, 6.07) is 12.1. The molecule has 0 aliphatic rings. The first-order chi connectivity index (χ1) is 11.4. The highest BCUT2D eigenvalue weighted by Crippen LogP contribution is 2.25. The molecule has 2 nitrogen and oxygen atoms in total. The largest absolute Gasteiger partial charge is 0.426 e. The zero-order chi connectivity index (χ0) is 17.7. The fraction of sp³-hybridized carbons (Fsp3) is 0.318. The van der Waals surface area contributed by atoms with Gasteiger partial charge in [-0.3, -0.25) is 4.79 Å². The molecule has 0 aromatic heterocycles. The molecular weight excluding hydrogens is 296 g/mol. The Hall–Kier alpha value is -2.53. The predicted molar refractivity (Wildman–Crippen MR) is 98.2 cm³/mol. The fourth-order valence-corrected chi connectivity index (χ4v) is 2.33. The Labute approximate surface area is 144 Å². The quantitative estimate of drug-likeness (QED) is 0.454. The Kier molecular flexibility index (Phi) is 5.82. The number of aryl methyl sites for hydroxylation is 3. The molecule has 0 aliphatic carbocycles. The second-order valence-electron chi connectivity index (χ2n) is 6.29. The summed E-state index contributed by atoms with van der Waals surface area (Å²) in [5, 5.41) is 0. The predicted octanol–water partition coefficient (Wildman–Crippen LogP) is 4.96. The summed E-state index contributed by atoms with van der Waals surface area (Å²) in [5.74, 6) is 6.74. The summed E-state index contributed by atoms with van der Waals surface area (Å²) >= 11 is 0. The minimum absolute atomic E-state index is 0.0928. The molecule has 0 saturated carbocycles. The molecule has 0 saturated heterocycles. The fourth-order valence-electron chi connectivity index (χ4n) is 2.33. The van der Waals surface area contributed by atoms with Gasteiger partial charge < -0.3 is 4.74 Å². The molecule has 1 unspecified atom stereocenters. The van der Waals surface area contributed by atoms with Crippen molar-refractivity contribution in [1.29, 1.82) is 0 Å². The molecule has 0 spiro atoms. The molecule has 2 rings (SSSR count). The van der Waals surface area contributed by atoms with Crippen molar-refractivity contribution in [3.05, 3.63) is 64.2 Å². The van der Waals surface area contributed by atoms with Crippen LogP contribution in [-0.4, -0.2) is 5.97 Å². The summed E-state index contributed by atoms with van der Waals surface area (Å²) in [4.78, 5) is 12.0. The van der Waals surface area contributed by atoms with E-state index in [1.165, 1.54) is 5.56 Å². The molecule has 0 radical (unpaired) electrons. The maximum Gasteiger partial charge on any atom is 0.314 e. The Balaban J connectivity index is 2.24. The van der Waals surface area contributed by atoms with Gasteiger partial charge >= 0.3 is 5.97 Å². The van der Waals surface area contributed by atoms with Gasteiger partial charge in [0.15, 0.2) is 0 Å². The van der Waals surface area contributed by atoms with Crippen molar-refractivity contribution in [3.63, 3.8) is 0 Å². The van der Waals surface area contributed by atoms with Gasteiger partial charge in [0, 0.05) is 11.1 Å². The van der Waals surface area contributed by atoms with Gasteiger partial charge in [-0.2, -0.15) is 0 Å². The van der Waals surface area contributed by atoms with Crippen molar-refractivity contribution < 1.29 is 9.53 Å². The molecule has 124 valence electrons. The number of rotatable bonds is 3. The van der Waals surface area contributed by atoms with Crippen molar-refractivity contribution in [2.45, 2.75) is 41.0 Å². The average molecular weight is 320 g/mol. The Morgan fingerprint density at radius 2 is 1.54 bits per heavy atom. The highest BCUT2D eigenvalue weighted by Gasteiger charge is 2.16. The van der Waals surface area contributed by atoms with Crippen molar-refractivity contribution in [2.75, 3.05) is 0 Å². The molecule has 2 heteroatoms. The van der Waals surface area contributed by atoms with Crippen LogP contribution in [0.3, 0.4) is 0 Å². The molecule has 0 amide bonds. The zero-order valence-corrected chi connectivity index (χ0v) is 15.1. The van der Waals surface area contributed by atoms with E-state index in [-0.39, 0.29) is 11.9 Å². The monoisotopic (exact) mass is 320 g/mol. The third kappa shape index (κ3) is 4.49. The molecule has 0 N–H and O–H groups in total. The Bertz CT molecular complexity index is 766. The van der Waals surface area contributed by atoms with E-state index in [0.717, 1.165) is 28.7 Å². The van der Waals surface area contributed by atoms with Gasteiger partial charge in [0.2, 0.25) is 0 Å². The molecule has 2 aromatic carbocycles. The number of carbonyl (C=O) groups is 1. The third-order valence-corrected chi connectivity index (χ3v) is 4.08. The van der Waals surface area contributed by atoms with Crippen molar-refractivity contribution in [3.8, 4) is 17.6 Å². The van der Waals surface area contributed by atoms with Gasteiger partial charge in [-0.1, -0.05) is 43.4 Å². The van der Waals surface area contributed by atoms with Crippen molar-refractivity contribution in [2.24, 2.45) is 5.92 Å². The lowest BCUT2D eigenvalue weighted by Gasteiger charge is -2.13. The molecule has 0 aliphatic heterocycles. The number of hydrogen-bond acceptors (Lipinski definition) is 2. The molecule has 0 bridgehead atoms. The smallest absolute Gasteiger partial charge is 0.314 e.